The predicted octanol–water partition coefficient (Wildman–Crippen LogP) is 4.82. The summed E-state index contributed by atoms with van der Waals surface area (Å²) in [4.78, 5) is 29.5. The van der Waals surface area contributed by atoms with E-state index in [1.54, 1.807) is 0 Å². The monoisotopic (exact) mass is 462 g/mol. The van der Waals surface area contributed by atoms with Crippen LogP contribution >= 0.6 is 0 Å². The number of piperidine rings is 2. The number of anilines is 2. The van der Waals surface area contributed by atoms with E-state index in [4.69, 9.17) is 0 Å². The van der Waals surface area contributed by atoms with Crippen molar-refractivity contribution in [2.24, 2.45) is 0 Å². The van der Waals surface area contributed by atoms with E-state index in [9.17, 15) is 9.59 Å². The third kappa shape index (κ3) is 6.67. The van der Waals surface area contributed by atoms with Crippen LogP contribution in [-0.4, -0.2) is 60.9 Å². The Bertz CT molecular complexity index is 926. The van der Waals surface area contributed by atoms with Crippen molar-refractivity contribution in [1.82, 2.24) is 9.80 Å². The van der Waals surface area contributed by atoms with Crippen molar-refractivity contribution in [3.8, 4) is 11.1 Å². The number of rotatable bonds is 7. The van der Waals surface area contributed by atoms with Crippen LogP contribution in [0.25, 0.3) is 11.1 Å². The van der Waals surface area contributed by atoms with Crippen LogP contribution < -0.4 is 10.6 Å². The molecule has 0 spiro atoms. The molecule has 2 aliphatic rings. The van der Waals surface area contributed by atoms with E-state index in [0.29, 0.717) is 13.1 Å². The molecule has 0 radical (unpaired) electrons. The number of carbonyl (C=O) groups is 2. The minimum absolute atomic E-state index is 0.0539. The molecule has 0 atom stereocenters. The number of hydrogen-bond acceptors (Lipinski definition) is 4. The largest absolute Gasteiger partial charge is 0.325 e. The fourth-order valence-corrected chi connectivity index (χ4v) is 4.99. The second kappa shape index (κ2) is 11.6. The number of aryl methyl sites for hydroxylation is 2. The van der Waals surface area contributed by atoms with Gasteiger partial charge in [0.25, 0.3) is 0 Å². The maximum Gasteiger partial charge on any atom is 0.238 e. The van der Waals surface area contributed by atoms with E-state index in [-0.39, 0.29) is 11.8 Å². The molecule has 2 aliphatic heterocycles. The lowest BCUT2D eigenvalue weighted by molar-refractivity contribution is -0.118. The highest BCUT2D eigenvalue weighted by molar-refractivity contribution is 5.94. The van der Waals surface area contributed by atoms with Crippen molar-refractivity contribution in [3.05, 3.63) is 47.5 Å². The number of nitrogens with one attached hydrogen (secondary N) is 2. The Morgan fingerprint density at radius 3 is 1.38 bits per heavy atom. The average Bonchev–Trinajstić information content (AvgIpc) is 2.83. The molecule has 2 saturated heterocycles. The van der Waals surface area contributed by atoms with E-state index < -0.39 is 0 Å². The molecule has 34 heavy (non-hydrogen) atoms. The summed E-state index contributed by atoms with van der Waals surface area (Å²) in [5.74, 6) is 0.108. The van der Waals surface area contributed by atoms with Crippen molar-refractivity contribution < 1.29 is 9.59 Å². The zero-order valence-electron chi connectivity index (χ0n) is 20.7. The molecule has 2 aromatic rings. The van der Waals surface area contributed by atoms with Gasteiger partial charge in [0.15, 0.2) is 0 Å². The van der Waals surface area contributed by atoms with Gasteiger partial charge < -0.3 is 10.6 Å². The summed E-state index contributed by atoms with van der Waals surface area (Å²) in [6, 6.07) is 12.3. The molecule has 0 bridgehead atoms. The van der Waals surface area contributed by atoms with Gasteiger partial charge in [-0.15, -0.1) is 0 Å². The highest BCUT2D eigenvalue weighted by Gasteiger charge is 2.16. The fourth-order valence-electron chi connectivity index (χ4n) is 4.99. The van der Waals surface area contributed by atoms with Gasteiger partial charge in [0.1, 0.15) is 0 Å². The van der Waals surface area contributed by atoms with Crippen molar-refractivity contribution in [3.63, 3.8) is 0 Å². The van der Waals surface area contributed by atoms with Gasteiger partial charge in [-0.25, -0.2) is 0 Å². The number of likely N-dealkylation sites (tertiary alicyclic amines) is 2. The second-order valence-electron chi connectivity index (χ2n) is 9.83. The van der Waals surface area contributed by atoms with Crippen LogP contribution in [0.4, 0.5) is 11.4 Å². The lowest BCUT2D eigenvalue weighted by Crippen LogP contribution is -2.36. The van der Waals surface area contributed by atoms with Crippen molar-refractivity contribution in [1.29, 1.82) is 0 Å². The quantitative estimate of drug-likeness (QED) is 0.619. The smallest absolute Gasteiger partial charge is 0.238 e. The fraction of sp³-hybridized carbons (Fsp3) is 0.500. The molecule has 182 valence electrons. The number of amides is 2. The molecule has 4 rings (SSSR count). The third-order valence-corrected chi connectivity index (χ3v) is 6.97. The van der Waals surface area contributed by atoms with Gasteiger partial charge in [-0.1, -0.05) is 25.0 Å². The maximum atomic E-state index is 12.5. The summed E-state index contributed by atoms with van der Waals surface area (Å²) >= 11 is 0. The van der Waals surface area contributed by atoms with Crippen LogP contribution in [-0.2, 0) is 9.59 Å². The number of carbonyl (C=O) groups excluding carboxylic acids is 2. The van der Waals surface area contributed by atoms with Gasteiger partial charge in [-0.3, -0.25) is 19.4 Å². The van der Waals surface area contributed by atoms with Crippen LogP contribution in [0.1, 0.15) is 49.7 Å². The van der Waals surface area contributed by atoms with Crippen LogP contribution in [0.2, 0.25) is 0 Å². The molecule has 2 aromatic carbocycles. The SMILES string of the molecule is Cc1cc(-c2ccc(NC(=O)CN3CCCCC3)c(C)c2)ccc1NC(=O)CN1CCCCC1. The minimum atomic E-state index is 0.0539. The predicted molar refractivity (Wildman–Crippen MR) is 139 cm³/mol. The lowest BCUT2D eigenvalue weighted by atomic mass is 10.00. The zero-order chi connectivity index (χ0) is 23.9. The summed E-state index contributed by atoms with van der Waals surface area (Å²) in [5, 5.41) is 6.16. The molecule has 0 saturated carbocycles. The molecule has 6 nitrogen and oxygen atoms in total. The topological polar surface area (TPSA) is 64.7 Å². The Morgan fingerprint density at radius 1 is 0.647 bits per heavy atom. The Labute approximate surface area is 203 Å². The third-order valence-electron chi connectivity index (χ3n) is 6.97. The van der Waals surface area contributed by atoms with Gasteiger partial charge in [-0.05, 0) is 112 Å². The molecule has 0 aliphatic carbocycles. The molecule has 0 unspecified atom stereocenters. The maximum absolute atomic E-state index is 12.5. The number of hydrogen-bond donors (Lipinski definition) is 2. The molecule has 2 heterocycles. The van der Waals surface area contributed by atoms with Crippen LogP contribution in [0.3, 0.4) is 0 Å². The Morgan fingerprint density at radius 2 is 1.03 bits per heavy atom. The standard InChI is InChI=1S/C28H38N4O2/c1-21-17-23(9-11-25(21)29-27(33)19-31-13-5-3-6-14-31)24-10-12-26(22(2)18-24)30-28(34)20-32-15-7-4-8-16-32/h9-12,17-18H,3-8,13-16,19-20H2,1-2H3,(H,29,33)(H,30,34). The summed E-state index contributed by atoms with van der Waals surface area (Å²) in [5.41, 5.74) is 6.01. The summed E-state index contributed by atoms with van der Waals surface area (Å²) in [7, 11) is 0. The highest BCUT2D eigenvalue weighted by Crippen LogP contribution is 2.28. The first-order chi connectivity index (χ1) is 16.5. The van der Waals surface area contributed by atoms with Gasteiger partial charge in [0, 0.05) is 11.4 Å². The first-order valence-electron chi connectivity index (χ1n) is 12.7. The first kappa shape index (κ1) is 24.4. The number of nitrogens with zero attached hydrogens (tertiary/aromatic N) is 2. The Hall–Kier alpha value is -2.70. The van der Waals surface area contributed by atoms with Gasteiger partial charge in [-0.2, -0.15) is 0 Å². The van der Waals surface area contributed by atoms with Gasteiger partial charge >= 0.3 is 0 Å². The van der Waals surface area contributed by atoms with Crippen molar-refractivity contribution in [2.45, 2.75) is 52.4 Å². The van der Waals surface area contributed by atoms with E-state index >= 15 is 0 Å². The van der Waals surface area contributed by atoms with E-state index in [1.165, 1.54) is 38.5 Å². The molecular formula is C28H38N4O2. The normalized spacial score (nSPS) is 17.4. The summed E-state index contributed by atoms with van der Waals surface area (Å²) in [6.07, 6.45) is 7.26. The highest BCUT2D eigenvalue weighted by atomic mass is 16.2. The van der Waals surface area contributed by atoms with E-state index in [1.807, 2.05) is 38.1 Å². The van der Waals surface area contributed by atoms with Gasteiger partial charge in [0.2, 0.25) is 11.8 Å². The van der Waals surface area contributed by atoms with Crippen LogP contribution in [0.5, 0.6) is 0 Å². The molecule has 6 heteroatoms. The summed E-state index contributed by atoms with van der Waals surface area (Å²) < 4.78 is 0. The van der Waals surface area contributed by atoms with Crippen LogP contribution in [0.15, 0.2) is 36.4 Å². The average molecular weight is 463 g/mol. The molecule has 2 N–H and O–H groups in total. The van der Waals surface area contributed by atoms with Crippen molar-refractivity contribution in [2.75, 3.05) is 49.9 Å². The molecule has 0 aromatic heterocycles. The van der Waals surface area contributed by atoms with E-state index in [2.05, 4.69) is 32.6 Å². The lowest BCUT2D eigenvalue weighted by Gasteiger charge is -2.25. The minimum Gasteiger partial charge on any atom is -0.325 e. The number of benzene rings is 2. The Kier molecular flexibility index (Phi) is 8.35. The van der Waals surface area contributed by atoms with Gasteiger partial charge in [0.05, 0.1) is 13.1 Å². The van der Waals surface area contributed by atoms with Crippen molar-refractivity contribution >= 4 is 23.2 Å². The first-order valence-corrected chi connectivity index (χ1v) is 12.7. The summed E-state index contributed by atoms with van der Waals surface area (Å²) in [6.45, 7) is 9.04. The molecular weight excluding hydrogens is 424 g/mol. The van der Waals surface area contributed by atoms with Crippen LogP contribution in [0, 0.1) is 13.8 Å². The Balaban J connectivity index is 1.36. The van der Waals surface area contributed by atoms with E-state index in [0.717, 1.165) is 59.8 Å². The molecule has 2 fully saturated rings. The second-order valence-corrected chi connectivity index (χ2v) is 9.83. The zero-order valence-corrected chi connectivity index (χ0v) is 20.7. The molecule has 2 amide bonds.